The Hall–Kier alpha value is -4.21. The van der Waals surface area contributed by atoms with Gasteiger partial charge < -0.3 is 4.42 Å². The summed E-state index contributed by atoms with van der Waals surface area (Å²) in [6, 6.07) is 36.9. The molecule has 37 heavy (non-hydrogen) atoms. The first-order valence-electron chi connectivity index (χ1n) is 12.6. The van der Waals surface area contributed by atoms with Crippen molar-refractivity contribution >= 4 is 42.6 Å². The van der Waals surface area contributed by atoms with Crippen LogP contribution in [0.3, 0.4) is 0 Å². The van der Waals surface area contributed by atoms with Crippen LogP contribution in [0.25, 0.3) is 65.0 Å². The molecule has 0 fully saturated rings. The van der Waals surface area contributed by atoms with E-state index in [4.69, 9.17) is 9.40 Å². The van der Waals surface area contributed by atoms with Crippen LogP contribution < -0.4 is 0 Å². The molecule has 1 aliphatic carbocycles. The fourth-order valence-electron chi connectivity index (χ4n) is 6.10. The Kier molecular flexibility index (Phi) is 4.19. The molecule has 0 unspecified atom stereocenters. The van der Waals surface area contributed by atoms with Crippen LogP contribution in [0, 0.1) is 0 Å². The molecule has 0 saturated heterocycles. The van der Waals surface area contributed by atoms with Crippen LogP contribution in [0.1, 0.15) is 25.0 Å². The van der Waals surface area contributed by atoms with Gasteiger partial charge >= 0.3 is 0 Å². The SMILES string of the molecule is CC1(C)c2ccccc2-c2ccc(-c3ccc(-c4nc5ccccc5o4)c4sc5ccccc5c34)cc21. The topological polar surface area (TPSA) is 26.0 Å². The minimum absolute atomic E-state index is 0.0318. The second kappa shape index (κ2) is 7.41. The van der Waals surface area contributed by atoms with Crippen molar-refractivity contribution in [2.45, 2.75) is 19.3 Å². The van der Waals surface area contributed by atoms with E-state index >= 15 is 0 Å². The predicted octanol–water partition coefficient (Wildman–Crippen LogP) is 9.84. The van der Waals surface area contributed by atoms with E-state index < -0.39 is 0 Å². The Balaban J connectivity index is 1.39. The molecule has 7 aromatic rings. The highest BCUT2D eigenvalue weighted by Crippen LogP contribution is 2.51. The fourth-order valence-corrected chi connectivity index (χ4v) is 7.33. The van der Waals surface area contributed by atoms with Crippen LogP contribution in [0.15, 0.2) is 108 Å². The van der Waals surface area contributed by atoms with Gasteiger partial charge in [-0.3, -0.25) is 0 Å². The maximum Gasteiger partial charge on any atom is 0.228 e. The second-order valence-corrected chi connectivity index (χ2v) is 11.4. The van der Waals surface area contributed by atoms with Crippen molar-refractivity contribution in [2.75, 3.05) is 0 Å². The highest BCUT2D eigenvalue weighted by molar-refractivity contribution is 7.26. The number of benzene rings is 5. The van der Waals surface area contributed by atoms with Crippen molar-refractivity contribution in [1.82, 2.24) is 4.98 Å². The molecule has 8 rings (SSSR count). The van der Waals surface area contributed by atoms with Crippen LogP contribution in [0.2, 0.25) is 0 Å². The lowest BCUT2D eigenvalue weighted by molar-refractivity contribution is 0.621. The van der Waals surface area contributed by atoms with Crippen molar-refractivity contribution in [3.05, 3.63) is 114 Å². The summed E-state index contributed by atoms with van der Waals surface area (Å²) in [4.78, 5) is 4.83. The van der Waals surface area contributed by atoms with Crippen LogP contribution in [0.5, 0.6) is 0 Å². The Labute approximate surface area is 218 Å². The summed E-state index contributed by atoms with van der Waals surface area (Å²) in [5.74, 6) is 0.676. The Morgan fingerprint density at radius 2 is 1.41 bits per heavy atom. The van der Waals surface area contributed by atoms with Crippen molar-refractivity contribution in [3.63, 3.8) is 0 Å². The van der Waals surface area contributed by atoms with Crippen LogP contribution in [-0.4, -0.2) is 4.98 Å². The lowest BCUT2D eigenvalue weighted by atomic mass is 9.81. The first-order valence-corrected chi connectivity index (χ1v) is 13.5. The number of hydrogen-bond acceptors (Lipinski definition) is 3. The molecule has 0 aliphatic heterocycles. The lowest BCUT2D eigenvalue weighted by Gasteiger charge is -2.22. The quantitative estimate of drug-likeness (QED) is 0.239. The number of fused-ring (bicyclic) bond motifs is 7. The van der Waals surface area contributed by atoms with Gasteiger partial charge in [0, 0.05) is 25.6 Å². The molecule has 176 valence electrons. The van der Waals surface area contributed by atoms with E-state index in [1.165, 1.54) is 53.6 Å². The van der Waals surface area contributed by atoms with E-state index in [-0.39, 0.29) is 5.41 Å². The Morgan fingerprint density at radius 3 is 2.32 bits per heavy atom. The highest BCUT2D eigenvalue weighted by Gasteiger charge is 2.35. The summed E-state index contributed by atoms with van der Waals surface area (Å²) in [5, 5.41) is 2.55. The van der Waals surface area contributed by atoms with Gasteiger partial charge in [0.05, 0.1) is 5.56 Å². The molecule has 0 radical (unpaired) electrons. The van der Waals surface area contributed by atoms with Gasteiger partial charge in [-0.1, -0.05) is 86.6 Å². The van der Waals surface area contributed by atoms with Gasteiger partial charge in [-0.05, 0) is 63.7 Å². The molecule has 0 amide bonds. The zero-order valence-corrected chi connectivity index (χ0v) is 21.4. The second-order valence-electron chi connectivity index (χ2n) is 10.4. The predicted molar refractivity (Wildman–Crippen MR) is 155 cm³/mol. The summed E-state index contributed by atoms with van der Waals surface area (Å²) in [6.45, 7) is 4.68. The molecule has 2 aromatic heterocycles. The molecule has 5 aromatic carbocycles. The van der Waals surface area contributed by atoms with Gasteiger partial charge in [-0.2, -0.15) is 0 Å². The molecule has 2 heterocycles. The molecule has 0 atom stereocenters. The molecule has 2 nitrogen and oxygen atoms in total. The van der Waals surface area contributed by atoms with Crippen molar-refractivity contribution < 1.29 is 4.42 Å². The molecular formula is C34H23NOS. The van der Waals surface area contributed by atoms with Gasteiger partial charge in [-0.25, -0.2) is 4.98 Å². The maximum atomic E-state index is 6.22. The van der Waals surface area contributed by atoms with E-state index in [2.05, 4.69) is 92.7 Å². The van der Waals surface area contributed by atoms with Gasteiger partial charge in [0.15, 0.2) is 5.58 Å². The van der Waals surface area contributed by atoms with Crippen LogP contribution in [0.4, 0.5) is 0 Å². The molecular weight excluding hydrogens is 470 g/mol. The average Bonchev–Trinajstić information content (AvgIpc) is 3.60. The van der Waals surface area contributed by atoms with E-state index in [0.717, 1.165) is 16.7 Å². The smallest absolute Gasteiger partial charge is 0.228 e. The van der Waals surface area contributed by atoms with E-state index in [0.29, 0.717) is 5.89 Å². The standard InChI is InChI=1S/C34H23NOS/c1-34(2)26-11-5-3-9-22(26)23-16-15-20(19-27(23)34)21-17-18-25(33-35-28-12-6-7-13-29(28)36-33)32-31(21)24-10-4-8-14-30(24)37-32/h3-19H,1-2H3. The molecule has 0 spiro atoms. The summed E-state index contributed by atoms with van der Waals surface area (Å²) < 4.78 is 8.71. The number of hydrogen-bond donors (Lipinski definition) is 0. The summed E-state index contributed by atoms with van der Waals surface area (Å²) in [6.07, 6.45) is 0. The third-order valence-electron chi connectivity index (χ3n) is 7.94. The van der Waals surface area contributed by atoms with Gasteiger partial charge in [0.25, 0.3) is 0 Å². The van der Waals surface area contributed by atoms with E-state index in [1.807, 2.05) is 35.6 Å². The van der Waals surface area contributed by atoms with Crippen molar-refractivity contribution in [2.24, 2.45) is 0 Å². The van der Waals surface area contributed by atoms with Crippen molar-refractivity contribution in [3.8, 4) is 33.7 Å². The zero-order valence-electron chi connectivity index (χ0n) is 20.6. The first kappa shape index (κ1) is 20.9. The summed E-state index contributed by atoms with van der Waals surface area (Å²) >= 11 is 1.82. The highest BCUT2D eigenvalue weighted by atomic mass is 32.1. The molecule has 0 N–H and O–H groups in total. The number of aromatic nitrogens is 1. The van der Waals surface area contributed by atoms with Crippen molar-refractivity contribution in [1.29, 1.82) is 0 Å². The Bertz CT molecular complexity index is 1990. The fraction of sp³-hybridized carbons (Fsp3) is 0.0882. The van der Waals surface area contributed by atoms with Gasteiger partial charge in [0.1, 0.15) is 5.52 Å². The van der Waals surface area contributed by atoms with Gasteiger partial charge in [0.2, 0.25) is 5.89 Å². The number of nitrogens with zero attached hydrogens (tertiary/aromatic N) is 1. The largest absolute Gasteiger partial charge is 0.436 e. The molecule has 3 heteroatoms. The van der Waals surface area contributed by atoms with Crippen LogP contribution in [-0.2, 0) is 5.41 Å². The molecule has 0 saturated carbocycles. The monoisotopic (exact) mass is 493 g/mol. The average molecular weight is 494 g/mol. The summed E-state index contributed by atoms with van der Waals surface area (Å²) in [7, 11) is 0. The minimum Gasteiger partial charge on any atom is -0.436 e. The molecule has 0 bridgehead atoms. The number of rotatable bonds is 2. The number of thiophene rings is 1. The normalized spacial score (nSPS) is 13.9. The zero-order chi connectivity index (χ0) is 24.7. The maximum absolute atomic E-state index is 6.22. The number of para-hydroxylation sites is 2. The third-order valence-corrected chi connectivity index (χ3v) is 9.15. The lowest BCUT2D eigenvalue weighted by Crippen LogP contribution is -2.14. The van der Waals surface area contributed by atoms with E-state index in [9.17, 15) is 0 Å². The van der Waals surface area contributed by atoms with Gasteiger partial charge in [-0.15, -0.1) is 11.3 Å². The van der Waals surface area contributed by atoms with E-state index in [1.54, 1.807) is 0 Å². The third kappa shape index (κ3) is 2.89. The van der Waals surface area contributed by atoms with Crippen LogP contribution >= 0.6 is 11.3 Å². The molecule has 1 aliphatic rings. The summed E-state index contributed by atoms with van der Waals surface area (Å²) in [5.41, 5.74) is 10.7. The minimum atomic E-state index is -0.0318. The Morgan fingerprint density at radius 1 is 0.676 bits per heavy atom. The first-order chi connectivity index (χ1) is 18.1. The number of oxazole rings is 1.